The average molecular weight is 709 g/mol. The van der Waals surface area contributed by atoms with Gasteiger partial charge in [0.05, 0.1) is 25.4 Å². The van der Waals surface area contributed by atoms with E-state index in [4.69, 9.17) is 28.4 Å². The van der Waals surface area contributed by atoms with E-state index in [1.54, 1.807) is 7.11 Å². The highest BCUT2D eigenvalue weighted by molar-refractivity contribution is 5.43. The van der Waals surface area contributed by atoms with E-state index < -0.39 is 5.60 Å². The van der Waals surface area contributed by atoms with Crippen molar-refractivity contribution in [2.45, 2.75) is 122 Å². The zero-order valence-electron chi connectivity index (χ0n) is 33.2. The van der Waals surface area contributed by atoms with Gasteiger partial charge >= 0.3 is 0 Å². The van der Waals surface area contributed by atoms with Crippen LogP contribution in [-0.4, -0.2) is 49.8 Å². The molecule has 0 N–H and O–H groups in total. The summed E-state index contributed by atoms with van der Waals surface area (Å²) in [6.45, 7) is 23.0. The fourth-order valence-electron chi connectivity index (χ4n) is 7.04. The minimum atomic E-state index is -0.426. The predicted octanol–water partition coefficient (Wildman–Crippen LogP) is 10.7. The summed E-state index contributed by atoms with van der Waals surface area (Å²) in [6.07, 6.45) is 1.91. The number of hydrogen-bond donors (Lipinski definition) is 0. The highest BCUT2D eigenvalue weighted by Gasteiger charge is 2.33. The van der Waals surface area contributed by atoms with Crippen molar-refractivity contribution in [1.82, 2.24) is 0 Å². The zero-order chi connectivity index (χ0) is 37.7. The second-order valence-corrected chi connectivity index (χ2v) is 16.7. The number of benzene rings is 4. The van der Waals surface area contributed by atoms with Crippen LogP contribution in [0, 0.1) is 0 Å². The maximum absolute atomic E-state index is 6.50. The van der Waals surface area contributed by atoms with E-state index in [9.17, 15) is 0 Å². The van der Waals surface area contributed by atoms with Crippen molar-refractivity contribution in [2.24, 2.45) is 0 Å². The molecule has 1 saturated heterocycles. The van der Waals surface area contributed by atoms with Crippen LogP contribution in [0.25, 0.3) is 0 Å². The van der Waals surface area contributed by atoms with E-state index in [0.29, 0.717) is 12.7 Å². The molecule has 1 aliphatic heterocycles. The monoisotopic (exact) mass is 708 g/mol. The molecule has 1 heterocycles. The Labute approximate surface area is 312 Å². The first-order chi connectivity index (χ1) is 24.5. The van der Waals surface area contributed by atoms with Crippen LogP contribution in [0.2, 0.25) is 0 Å². The summed E-state index contributed by atoms with van der Waals surface area (Å²) >= 11 is 0. The van der Waals surface area contributed by atoms with Gasteiger partial charge in [0.15, 0.2) is 0 Å². The molecule has 52 heavy (non-hydrogen) atoms. The molecule has 6 nitrogen and oxygen atoms in total. The van der Waals surface area contributed by atoms with Crippen LogP contribution in [0.5, 0.6) is 23.0 Å². The van der Waals surface area contributed by atoms with Gasteiger partial charge in [0, 0.05) is 30.8 Å². The lowest BCUT2D eigenvalue weighted by Crippen LogP contribution is -2.34. The van der Waals surface area contributed by atoms with Gasteiger partial charge in [0.25, 0.3) is 0 Å². The normalized spacial score (nSPS) is 16.2. The SMILES string of the molecule is COCC(C)Oc1ccc(C(C)(C)c2ccc(OC(C)(C)CC(C)Oc3ccc(C(C)(C)c4ccc(OC(C)(C)CC5CO5)cc4)cc3)cc2)cc1. The number of hydrogen-bond acceptors (Lipinski definition) is 6. The molecular formula is C46H60O6. The van der Waals surface area contributed by atoms with Gasteiger partial charge in [-0.2, -0.15) is 0 Å². The molecule has 0 aliphatic carbocycles. The second kappa shape index (κ2) is 15.9. The van der Waals surface area contributed by atoms with Crippen LogP contribution >= 0.6 is 0 Å². The van der Waals surface area contributed by atoms with Gasteiger partial charge in [0.2, 0.25) is 0 Å². The smallest absolute Gasteiger partial charge is 0.120 e. The molecule has 4 aromatic rings. The molecule has 0 radical (unpaired) electrons. The quantitative estimate of drug-likeness (QED) is 0.0959. The van der Waals surface area contributed by atoms with Crippen LogP contribution in [0.1, 0.15) is 104 Å². The molecule has 4 aromatic carbocycles. The minimum Gasteiger partial charge on any atom is -0.491 e. The molecule has 0 spiro atoms. The summed E-state index contributed by atoms with van der Waals surface area (Å²) in [5.74, 6) is 3.42. The van der Waals surface area contributed by atoms with Crippen molar-refractivity contribution in [3.63, 3.8) is 0 Å². The Morgan fingerprint density at radius 3 is 1.25 bits per heavy atom. The highest BCUT2D eigenvalue weighted by atomic mass is 16.6. The van der Waals surface area contributed by atoms with E-state index in [1.165, 1.54) is 22.3 Å². The lowest BCUT2D eigenvalue weighted by Gasteiger charge is -2.31. The summed E-state index contributed by atoms with van der Waals surface area (Å²) in [5.41, 5.74) is 3.84. The van der Waals surface area contributed by atoms with Crippen LogP contribution in [0.4, 0.5) is 0 Å². The molecule has 0 saturated carbocycles. The fourth-order valence-corrected chi connectivity index (χ4v) is 7.04. The van der Waals surface area contributed by atoms with Crippen molar-refractivity contribution in [2.75, 3.05) is 20.3 Å². The maximum Gasteiger partial charge on any atom is 0.120 e. The van der Waals surface area contributed by atoms with Crippen LogP contribution in [0.3, 0.4) is 0 Å². The number of rotatable bonds is 18. The van der Waals surface area contributed by atoms with E-state index in [-0.39, 0.29) is 28.6 Å². The van der Waals surface area contributed by atoms with E-state index in [2.05, 4.69) is 147 Å². The van der Waals surface area contributed by atoms with Crippen molar-refractivity contribution >= 4 is 0 Å². The third-order valence-electron chi connectivity index (χ3n) is 10.1. The average Bonchev–Trinajstić information content (AvgIpc) is 3.88. The van der Waals surface area contributed by atoms with Gasteiger partial charge in [-0.3, -0.25) is 0 Å². The van der Waals surface area contributed by atoms with Gasteiger partial charge in [-0.15, -0.1) is 0 Å². The highest BCUT2D eigenvalue weighted by Crippen LogP contribution is 2.36. The Balaban J connectivity index is 1.13. The van der Waals surface area contributed by atoms with Crippen LogP contribution in [0.15, 0.2) is 97.1 Å². The molecule has 3 atom stereocenters. The predicted molar refractivity (Wildman–Crippen MR) is 210 cm³/mol. The molecule has 0 aromatic heterocycles. The lowest BCUT2D eigenvalue weighted by molar-refractivity contribution is 0.0543. The third kappa shape index (κ3) is 10.5. The molecular weight excluding hydrogens is 649 g/mol. The first-order valence-electron chi connectivity index (χ1n) is 18.7. The third-order valence-corrected chi connectivity index (χ3v) is 10.1. The zero-order valence-corrected chi connectivity index (χ0v) is 33.2. The molecule has 0 bridgehead atoms. The van der Waals surface area contributed by atoms with Gasteiger partial charge in [-0.05, 0) is 112 Å². The largest absolute Gasteiger partial charge is 0.491 e. The molecule has 280 valence electrons. The lowest BCUT2D eigenvalue weighted by atomic mass is 9.78. The Morgan fingerprint density at radius 1 is 0.538 bits per heavy atom. The van der Waals surface area contributed by atoms with Gasteiger partial charge < -0.3 is 28.4 Å². The van der Waals surface area contributed by atoms with Gasteiger partial charge in [0.1, 0.15) is 40.3 Å². The van der Waals surface area contributed by atoms with E-state index >= 15 is 0 Å². The minimum absolute atomic E-state index is 0.00178. The molecule has 1 aliphatic rings. The summed E-state index contributed by atoms with van der Waals surface area (Å²) in [7, 11) is 1.69. The van der Waals surface area contributed by atoms with Crippen molar-refractivity contribution in [3.05, 3.63) is 119 Å². The fraction of sp³-hybridized carbons (Fsp3) is 0.478. The number of methoxy groups -OCH3 is 1. The van der Waals surface area contributed by atoms with Crippen LogP contribution in [-0.2, 0) is 20.3 Å². The van der Waals surface area contributed by atoms with E-state index in [1.807, 2.05) is 19.1 Å². The first kappa shape index (κ1) is 39.2. The van der Waals surface area contributed by atoms with Crippen molar-refractivity contribution < 1.29 is 28.4 Å². The molecule has 0 amide bonds. The Hall–Kier alpha value is -4.00. The first-order valence-corrected chi connectivity index (χ1v) is 18.7. The number of epoxide rings is 1. The summed E-state index contributed by atoms with van der Waals surface area (Å²) < 4.78 is 35.7. The Morgan fingerprint density at radius 2 is 0.885 bits per heavy atom. The standard InChI is InChI=1S/C46H60O6/c1-32(49-38-20-12-34(13-21-38)45(7,8)37-18-26-41(27-19-37)52-44(5,6)29-42-31-48-42)28-43(3,4)51-40-24-16-36(17-25-40)46(9,10)35-14-22-39(23-15-35)50-33(2)30-47-11/h12-27,32-33,42H,28-31H2,1-11H3. The topological polar surface area (TPSA) is 58.7 Å². The second-order valence-electron chi connectivity index (χ2n) is 16.7. The summed E-state index contributed by atoms with van der Waals surface area (Å²) in [5, 5.41) is 0. The van der Waals surface area contributed by atoms with Crippen molar-refractivity contribution in [1.29, 1.82) is 0 Å². The Bertz CT molecular complexity index is 1700. The number of ether oxygens (including phenoxy) is 6. The van der Waals surface area contributed by atoms with Gasteiger partial charge in [-0.1, -0.05) is 76.2 Å². The summed E-state index contributed by atoms with van der Waals surface area (Å²) in [6, 6.07) is 33.8. The maximum atomic E-state index is 6.50. The van der Waals surface area contributed by atoms with Crippen LogP contribution < -0.4 is 18.9 Å². The van der Waals surface area contributed by atoms with E-state index in [0.717, 1.165) is 42.4 Å². The summed E-state index contributed by atoms with van der Waals surface area (Å²) in [4.78, 5) is 0. The molecule has 3 unspecified atom stereocenters. The molecule has 1 fully saturated rings. The molecule has 5 rings (SSSR count). The Kier molecular flexibility index (Phi) is 12.0. The molecule has 6 heteroatoms. The van der Waals surface area contributed by atoms with Crippen molar-refractivity contribution in [3.8, 4) is 23.0 Å². The van der Waals surface area contributed by atoms with Gasteiger partial charge in [-0.25, -0.2) is 0 Å².